The number of rotatable bonds is 8. The Morgan fingerprint density at radius 1 is 0.431 bits per heavy atom. The maximum absolute atomic E-state index is 5.27. The fourth-order valence-corrected chi connectivity index (χ4v) is 9.11. The van der Waals surface area contributed by atoms with Crippen molar-refractivity contribution in [3.05, 3.63) is 223 Å². The first kappa shape index (κ1) is 33.9. The second-order valence-electron chi connectivity index (χ2n) is 15.3. The third-order valence-corrected chi connectivity index (χ3v) is 11.9. The van der Waals surface area contributed by atoms with E-state index in [0.717, 1.165) is 46.6 Å². The van der Waals surface area contributed by atoms with Gasteiger partial charge >= 0.3 is 0 Å². The number of aryl methyl sites for hydroxylation is 1. The van der Waals surface area contributed by atoms with Crippen LogP contribution in [0.15, 0.2) is 206 Å². The van der Waals surface area contributed by atoms with Crippen LogP contribution in [0.1, 0.15) is 29.0 Å². The van der Waals surface area contributed by atoms with Gasteiger partial charge in [0.1, 0.15) is 0 Å². The standard InChI is InChI=1S/C55H39N3/c1-4-15-37(16-5-1)27-32-45-44-23-10-11-25-47(44)53-48(45)33-34-49-46-24-12-13-26-52(46)58(54(49)53)43-22-14-21-42(35-43)55-56-50(40-19-8-3-9-20-40)36-51(57-55)41-30-28-39(29-31-41)38-17-6-2-7-18-38/h1-26,28-31,33-36,45H,27,32H2. The van der Waals surface area contributed by atoms with Crippen molar-refractivity contribution < 1.29 is 0 Å². The molecule has 0 spiro atoms. The molecule has 2 heterocycles. The van der Waals surface area contributed by atoms with E-state index in [1.807, 2.05) is 6.07 Å². The summed E-state index contributed by atoms with van der Waals surface area (Å²) in [6, 6.07) is 74.1. The third-order valence-electron chi connectivity index (χ3n) is 11.9. The highest BCUT2D eigenvalue weighted by Gasteiger charge is 2.32. The predicted octanol–water partition coefficient (Wildman–Crippen LogP) is 14.0. The van der Waals surface area contributed by atoms with Crippen LogP contribution >= 0.6 is 0 Å². The zero-order chi connectivity index (χ0) is 38.4. The minimum atomic E-state index is 0.322. The van der Waals surface area contributed by atoms with Gasteiger partial charge in [0, 0.05) is 44.6 Å². The van der Waals surface area contributed by atoms with Crippen molar-refractivity contribution in [3.8, 4) is 61.8 Å². The molecule has 3 heteroatoms. The Bertz CT molecular complexity index is 3090. The lowest BCUT2D eigenvalue weighted by Gasteiger charge is -2.15. The lowest BCUT2D eigenvalue weighted by atomic mass is 9.90. The van der Waals surface area contributed by atoms with Crippen molar-refractivity contribution in [2.75, 3.05) is 0 Å². The minimum absolute atomic E-state index is 0.322. The zero-order valence-corrected chi connectivity index (χ0v) is 32.0. The van der Waals surface area contributed by atoms with Crippen LogP contribution in [0.3, 0.4) is 0 Å². The number of nitrogens with zero attached hydrogens (tertiary/aromatic N) is 3. The fourth-order valence-electron chi connectivity index (χ4n) is 9.11. The van der Waals surface area contributed by atoms with Crippen molar-refractivity contribution >= 4 is 21.8 Å². The number of fused-ring (bicyclic) bond motifs is 7. The van der Waals surface area contributed by atoms with Crippen LogP contribution in [0.25, 0.3) is 83.6 Å². The van der Waals surface area contributed by atoms with Gasteiger partial charge in [-0.3, -0.25) is 0 Å². The lowest BCUT2D eigenvalue weighted by molar-refractivity contribution is 0.730. The highest BCUT2D eigenvalue weighted by atomic mass is 15.0. The maximum atomic E-state index is 5.27. The Hall–Kier alpha value is -7.36. The summed E-state index contributed by atoms with van der Waals surface area (Å²) in [6.45, 7) is 0. The molecule has 3 nitrogen and oxygen atoms in total. The quantitative estimate of drug-likeness (QED) is 0.155. The van der Waals surface area contributed by atoms with Crippen molar-refractivity contribution in [1.82, 2.24) is 14.5 Å². The molecule has 10 aromatic rings. The van der Waals surface area contributed by atoms with E-state index in [9.17, 15) is 0 Å². The van der Waals surface area contributed by atoms with Crippen LogP contribution in [-0.2, 0) is 6.42 Å². The molecule has 0 fully saturated rings. The molecule has 0 amide bonds. The Kier molecular flexibility index (Phi) is 8.36. The Morgan fingerprint density at radius 3 is 1.81 bits per heavy atom. The fraction of sp³-hybridized carbons (Fsp3) is 0.0545. The average Bonchev–Trinajstić information content (AvgIpc) is 3.82. The molecular weight excluding hydrogens is 703 g/mol. The number of aromatic nitrogens is 3. The van der Waals surface area contributed by atoms with E-state index in [1.165, 1.54) is 60.8 Å². The summed E-state index contributed by atoms with van der Waals surface area (Å²) in [5, 5.41) is 2.52. The highest BCUT2D eigenvalue weighted by molar-refractivity contribution is 6.15. The molecule has 0 radical (unpaired) electrons. The van der Waals surface area contributed by atoms with Crippen molar-refractivity contribution in [3.63, 3.8) is 0 Å². The first-order chi connectivity index (χ1) is 28.8. The molecule has 0 bridgehead atoms. The summed E-state index contributed by atoms with van der Waals surface area (Å²) in [4.78, 5) is 10.5. The molecule has 58 heavy (non-hydrogen) atoms. The van der Waals surface area contributed by atoms with Gasteiger partial charge in [-0.25, -0.2) is 9.97 Å². The normalized spacial score (nSPS) is 13.1. The molecule has 1 atom stereocenters. The van der Waals surface area contributed by atoms with Crippen LogP contribution in [0, 0.1) is 0 Å². The van der Waals surface area contributed by atoms with Gasteiger partial charge in [0.2, 0.25) is 0 Å². The summed E-state index contributed by atoms with van der Waals surface area (Å²) in [5.74, 6) is 1.02. The van der Waals surface area contributed by atoms with E-state index >= 15 is 0 Å². The SMILES string of the molecule is c1ccc(CCC2c3ccccc3-c3c2ccc2c4ccccc4n(-c4cccc(-c5nc(-c6ccccc6)cc(-c6ccc(-c7ccccc7)cc6)n5)c4)c32)cc1. The second-order valence-corrected chi connectivity index (χ2v) is 15.3. The summed E-state index contributed by atoms with van der Waals surface area (Å²) in [7, 11) is 0. The molecule has 0 saturated carbocycles. The van der Waals surface area contributed by atoms with Gasteiger partial charge in [-0.05, 0) is 70.5 Å². The summed E-state index contributed by atoms with van der Waals surface area (Å²) in [6.07, 6.45) is 2.09. The smallest absolute Gasteiger partial charge is 0.160 e. The van der Waals surface area contributed by atoms with E-state index in [1.54, 1.807) is 0 Å². The summed E-state index contributed by atoms with van der Waals surface area (Å²) >= 11 is 0. The first-order valence-corrected chi connectivity index (χ1v) is 20.2. The highest BCUT2D eigenvalue weighted by Crippen LogP contribution is 2.51. The molecule has 1 aliphatic carbocycles. The molecule has 0 aliphatic heterocycles. The number of benzene rings is 8. The van der Waals surface area contributed by atoms with Crippen molar-refractivity contribution in [2.24, 2.45) is 0 Å². The van der Waals surface area contributed by atoms with Crippen LogP contribution in [-0.4, -0.2) is 14.5 Å². The van der Waals surface area contributed by atoms with Crippen LogP contribution in [0.2, 0.25) is 0 Å². The number of para-hydroxylation sites is 1. The van der Waals surface area contributed by atoms with Gasteiger partial charge < -0.3 is 4.57 Å². The lowest BCUT2D eigenvalue weighted by Crippen LogP contribution is -2.00. The third kappa shape index (κ3) is 5.91. The van der Waals surface area contributed by atoms with Gasteiger partial charge in [0.25, 0.3) is 0 Å². The Morgan fingerprint density at radius 2 is 1.03 bits per heavy atom. The van der Waals surface area contributed by atoms with Crippen molar-refractivity contribution in [1.29, 1.82) is 0 Å². The van der Waals surface area contributed by atoms with E-state index < -0.39 is 0 Å². The van der Waals surface area contributed by atoms with E-state index in [-0.39, 0.29) is 0 Å². The zero-order valence-electron chi connectivity index (χ0n) is 32.0. The van der Waals surface area contributed by atoms with Gasteiger partial charge in [-0.2, -0.15) is 0 Å². The molecule has 0 saturated heterocycles. The van der Waals surface area contributed by atoms with E-state index in [0.29, 0.717) is 11.7 Å². The van der Waals surface area contributed by atoms with E-state index in [2.05, 4.69) is 205 Å². The van der Waals surface area contributed by atoms with Crippen LogP contribution in [0.4, 0.5) is 0 Å². The number of hydrogen-bond acceptors (Lipinski definition) is 2. The Balaban J connectivity index is 1.07. The minimum Gasteiger partial charge on any atom is -0.309 e. The molecule has 2 aromatic heterocycles. The van der Waals surface area contributed by atoms with Crippen LogP contribution < -0.4 is 0 Å². The molecule has 1 aliphatic rings. The van der Waals surface area contributed by atoms with Gasteiger partial charge in [-0.15, -0.1) is 0 Å². The average molecular weight is 742 g/mol. The Labute approximate surface area is 338 Å². The number of hydrogen-bond donors (Lipinski definition) is 0. The van der Waals surface area contributed by atoms with Gasteiger partial charge in [-0.1, -0.05) is 182 Å². The van der Waals surface area contributed by atoms with Crippen molar-refractivity contribution in [2.45, 2.75) is 18.8 Å². The van der Waals surface area contributed by atoms with Gasteiger partial charge in [0.05, 0.1) is 22.4 Å². The molecule has 8 aromatic carbocycles. The molecule has 1 unspecified atom stereocenters. The monoisotopic (exact) mass is 741 g/mol. The molecular formula is C55H39N3. The predicted molar refractivity (Wildman–Crippen MR) is 240 cm³/mol. The molecule has 11 rings (SSSR count). The molecule has 0 N–H and O–H groups in total. The van der Waals surface area contributed by atoms with Crippen LogP contribution in [0.5, 0.6) is 0 Å². The van der Waals surface area contributed by atoms with E-state index in [4.69, 9.17) is 9.97 Å². The summed E-state index contributed by atoms with van der Waals surface area (Å²) < 4.78 is 2.48. The summed E-state index contributed by atoms with van der Waals surface area (Å²) in [5.41, 5.74) is 17.7. The molecule has 274 valence electrons. The first-order valence-electron chi connectivity index (χ1n) is 20.2. The maximum Gasteiger partial charge on any atom is 0.160 e. The second kappa shape index (κ2) is 14.3. The largest absolute Gasteiger partial charge is 0.309 e. The topological polar surface area (TPSA) is 30.7 Å². The van der Waals surface area contributed by atoms with Gasteiger partial charge in [0.15, 0.2) is 5.82 Å².